The van der Waals surface area contributed by atoms with Crippen LogP contribution >= 0.6 is 0 Å². The average Bonchev–Trinajstić information content (AvgIpc) is 3.50. The number of carbonyl (C=O) groups is 2. The summed E-state index contributed by atoms with van der Waals surface area (Å²) in [5.41, 5.74) is 2.00. The van der Waals surface area contributed by atoms with E-state index in [1.807, 2.05) is 30.3 Å². The maximum atomic E-state index is 14.4. The van der Waals surface area contributed by atoms with Crippen LogP contribution in [0.25, 0.3) is 10.9 Å². The van der Waals surface area contributed by atoms with Crippen molar-refractivity contribution in [1.29, 1.82) is 0 Å². The molecule has 0 saturated heterocycles. The number of rotatable bonds is 9. The predicted octanol–water partition coefficient (Wildman–Crippen LogP) is 1.14. The van der Waals surface area contributed by atoms with E-state index in [4.69, 9.17) is 0 Å². The van der Waals surface area contributed by atoms with Gasteiger partial charge in [-0.05, 0) is 17.7 Å². The van der Waals surface area contributed by atoms with Gasteiger partial charge >= 0.3 is 0 Å². The summed E-state index contributed by atoms with van der Waals surface area (Å²) in [6.45, 7) is 0.462. The van der Waals surface area contributed by atoms with Crippen molar-refractivity contribution in [3.63, 3.8) is 0 Å². The molecule has 0 spiro atoms. The Morgan fingerprint density at radius 3 is 2.61 bits per heavy atom. The molecule has 1 unspecified atom stereocenters. The molecule has 0 aliphatic rings. The molecule has 2 amide bonds. The fraction of sp³-hybridized carbons (Fsp3) is 0.286. The fourth-order valence-electron chi connectivity index (χ4n) is 3.18. The number of aromatic nitrogens is 7. The Morgan fingerprint density at radius 2 is 1.79 bits per heavy atom. The molecule has 4 aromatic rings. The zero-order valence-electron chi connectivity index (χ0n) is 17.8. The van der Waals surface area contributed by atoms with Crippen LogP contribution in [0.5, 0.6) is 0 Å². The van der Waals surface area contributed by atoms with Gasteiger partial charge in [0.2, 0.25) is 0 Å². The number of alkyl halides is 1. The van der Waals surface area contributed by atoms with Gasteiger partial charge in [-0.15, -0.1) is 10.2 Å². The Kier molecular flexibility index (Phi) is 6.62. The summed E-state index contributed by atoms with van der Waals surface area (Å²) in [5, 5.41) is 21.4. The number of carbonyl (C=O) groups excluding carboxylic acids is 2. The molecule has 4 rings (SSSR count). The molecule has 3 heterocycles. The summed E-state index contributed by atoms with van der Waals surface area (Å²) in [6.07, 6.45) is 3.44. The number of benzene rings is 1. The highest BCUT2D eigenvalue weighted by Gasteiger charge is 2.15. The molecule has 3 aromatic heterocycles. The van der Waals surface area contributed by atoms with Crippen molar-refractivity contribution in [2.45, 2.75) is 32.2 Å². The Balaban J connectivity index is 1.26. The molecule has 33 heavy (non-hydrogen) atoms. The van der Waals surface area contributed by atoms with Gasteiger partial charge in [-0.2, -0.15) is 0 Å². The summed E-state index contributed by atoms with van der Waals surface area (Å²) in [7, 11) is 1.49. The highest BCUT2D eigenvalue weighted by Crippen LogP contribution is 2.12. The first kappa shape index (κ1) is 22.0. The van der Waals surface area contributed by atoms with E-state index in [1.54, 1.807) is 6.20 Å². The molecular weight excluding hydrogens is 429 g/mol. The van der Waals surface area contributed by atoms with Crippen molar-refractivity contribution in [3.8, 4) is 0 Å². The molecule has 0 fully saturated rings. The standard InChI is InChI=1S/C21H22FN9O2/c1-23-20(32)18-12-30(28-26-18)7-6-16(22)11-31-13-19(27-29-31)21(33)25-10-14-8-15-4-2-3-5-17(15)24-9-14/h2-5,8-9,12-13,16H,6-7,10-11H2,1H3,(H,23,32)(H,25,33). The van der Waals surface area contributed by atoms with Crippen molar-refractivity contribution in [3.05, 3.63) is 65.9 Å². The zero-order chi connectivity index (χ0) is 23.2. The molecule has 2 N–H and O–H groups in total. The van der Waals surface area contributed by atoms with Gasteiger partial charge in [-0.3, -0.25) is 19.3 Å². The second-order valence-electron chi connectivity index (χ2n) is 7.38. The molecule has 170 valence electrons. The number of amides is 2. The lowest BCUT2D eigenvalue weighted by Crippen LogP contribution is -2.23. The lowest BCUT2D eigenvalue weighted by atomic mass is 10.1. The monoisotopic (exact) mass is 451 g/mol. The normalized spacial score (nSPS) is 11.9. The molecule has 0 aliphatic carbocycles. The van der Waals surface area contributed by atoms with Crippen LogP contribution in [0.3, 0.4) is 0 Å². The van der Waals surface area contributed by atoms with Crippen LogP contribution in [0.2, 0.25) is 0 Å². The Morgan fingerprint density at radius 1 is 1.06 bits per heavy atom. The number of para-hydroxylation sites is 1. The van der Waals surface area contributed by atoms with Crippen LogP contribution in [-0.2, 0) is 19.6 Å². The first-order valence-corrected chi connectivity index (χ1v) is 10.3. The van der Waals surface area contributed by atoms with Crippen LogP contribution < -0.4 is 10.6 Å². The number of pyridine rings is 1. The predicted molar refractivity (Wildman–Crippen MR) is 116 cm³/mol. The molecule has 0 radical (unpaired) electrons. The number of nitrogens with zero attached hydrogens (tertiary/aromatic N) is 7. The molecule has 11 nitrogen and oxygen atoms in total. The molecule has 1 atom stereocenters. The van der Waals surface area contributed by atoms with Gasteiger partial charge in [0.1, 0.15) is 6.17 Å². The second-order valence-corrected chi connectivity index (χ2v) is 7.38. The van der Waals surface area contributed by atoms with Gasteiger partial charge in [0, 0.05) is 38.1 Å². The third-order valence-electron chi connectivity index (χ3n) is 4.93. The Bertz CT molecular complexity index is 1270. The number of aryl methyl sites for hydroxylation is 1. The van der Waals surface area contributed by atoms with Crippen molar-refractivity contribution in [2.75, 3.05) is 7.05 Å². The zero-order valence-corrected chi connectivity index (χ0v) is 17.8. The first-order chi connectivity index (χ1) is 16.0. The van der Waals surface area contributed by atoms with Gasteiger partial charge in [0.05, 0.1) is 24.5 Å². The van der Waals surface area contributed by atoms with E-state index in [-0.39, 0.29) is 43.4 Å². The lowest BCUT2D eigenvalue weighted by Gasteiger charge is -2.07. The quantitative estimate of drug-likeness (QED) is 0.390. The van der Waals surface area contributed by atoms with Crippen molar-refractivity contribution in [1.82, 2.24) is 45.6 Å². The Labute approximate surface area is 188 Å². The highest BCUT2D eigenvalue weighted by atomic mass is 19.1. The van der Waals surface area contributed by atoms with Crippen LogP contribution in [0, 0.1) is 0 Å². The van der Waals surface area contributed by atoms with Gasteiger partial charge in [0.15, 0.2) is 11.4 Å². The smallest absolute Gasteiger partial charge is 0.273 e. The average molecular weight is 451 g/mol. The minimum atomic E-state index is -1.25. The summed E-state index contributed by atoms with van der Waals surface area (Å²) >= 11 is 0. The van der Waals surface area contributed by atoms with Gasteiger partial charge in [-0.25, -0.2) is 9.07 Å². The van der Waals surface area contributed by atoms with Gasteiger partial charge < -0.3 is 10.6 Å². The maximum Gasteiger partial charge on any atom is 0.273 e. The van der Waals surface area contributed by atoms with E-state index in [9.17, 15) is 14.0 Å². The minimum Gasteiger partial charge on any atom is -0.354 e. The topological polar surface area (TPSA) is 133 Å². The molecule has 1 aromatic carbocycles. The molecule has 0 aliphatic heterocycles. The van der Waals surface area contributed by atoms with Crippen molar-refractivity contribution < 1.29 is 14.0 Å². The molecule has 0 saturated carbocycles. The van der Waals surface area contributed by atoms with E-state index in [0.29, 0.717) is 0 Å². The fourth-order valence-corrected chi connectivity index (χ4v) is 3.18. The number of hydrogen-bond donors (Lipinski definition) is 2. The van der Waals surface area contributed by atoms with Crippen molar-refractivity contribution >= 4 is 22.7 Å². The van der Waals surface area contributed by atoms with E-state index in [2.05, 4.69) is 36.2 Å². The lowest BCUT2D eigenvalue weighted by molar-refractivity contribution is 0.0942. The van der Waals surface area contributed by atoms with Crippen LogP contribution in [0.15, 0.2) is 48.9 Å². The summed E-state index contributed by atoms with van der Waals surface area (Å²) in [5.74, 6) is -0.766. The van der Waals surface area contributed by atoms with E-state index in [0.717, 1.165) is 16.5 Å². The number of nitrogens with one attached hydrogen (secondary N) is 2. The third kappa shape index (κ3) is 5.53. The highest BCUT2D eigenvalue weighted by molar-refractivity contribution is 5.92. The maximum absolute atomic E-state index is 14.4. The van der Waals surface area contributed by atoms with Crippen LogP contribution in [0.4, 0.5) is 4.39 Å². The summed E-state index contributed by atoms with van der Waals surface area (Å²) in [6, 6.07) is 9.68. The van der Waals surface area contributed by atoms with Gasteiger partial charge in [0.25, 0.3) is 11.8 Å². The third-order valence-corrected chi connectivity index (χ3v) is 4.93. The molecule has 0 bridgehead atoms. The van der Waals surface area contributed by atoms with Crippen LogP contribution in [0.1, 0.15) is 33.0 Å². The van der Waals surface area contributed by atoms with E-state index in [1.165, 1.54) is 28.8 Å². The SMILES string of the molecule is CNC(=O)c1cn(CCC(F)Cn2cc(C(=O)NCc3cnc4ccccc4c3)nn2)nn1. The van der Waals surface area contributed by atoms with Crippen LogP contribution in [-0.4, -0.2) is 60.0 Å². The summed E-state index contributed by atoms with van der Waals surface area (Å²) in [4.78, 5) is 28.2. The minimum absolute atomic E-state index is 0.0636. The van der Waals surface area contributed by atoms with Crippen molar-refractivity contribution in [2.24, 2.45) is 0 Å². The molecular formula is C21H22FN9O2. The number of hydrogen-bond acceptors (Lipinski definition) is 7. The summed E-state index contributed by atoms with van der Waals surface area (Å²) < 4.78 is 17.1. The second kappa shape index (κ2) is 9.94. The Hall–Kier alpha value is -4.22. The number of fused-ring (bicyclic) bond motifs is 1. The largest absolute Gasteiger partial charge is 0.354 e. The molecule has 12 heteroatoms. The van der Waals surface area contributed by atoms with Gasteiger partial charge in [-0.1, -0.05) is 28.6 Å². The van der Waals surface area contributed by atoms with E-state index < -0.39 is 12.1 Å². The van der Waals surface area contributed by atoms with E-state index >= 15 is 0 Å². The first-order valence-electron chi connectivity index (χ1n) is 10.3. The number of halogens is 1.